The van der Waals surface area contributed by atoms with Gasteiger partial charge in [0.25, 0.3) is 0 Å². The molecule has 0 spiro atoms. The van der Waals surface area contributed by atoms with E-state index in [4.69, 9.17) is 5.73 Å². The van der Waals surface area contributed by atoms with Gasteiger partial charge in [0.05, 0.1) is 0 Å². The Hall–Kier alpha value is -0.0800. The maximum Gasteiger partial charge on any atom is 0.00670 e. The van der Waals surface area contributed by atoms with Crippen LogP contribution < -0.4 is 5.73 Å². The maximum atomic E-state index is 6.02. The van der Waals surface area contributed by atoms with Crippen LogP contribution in [0.25, 0.3) is 0 Å². The van der Waals surface area contributed by atoms with Gasteiger partial charge in [-0.3, -0.25) is 0 Å². The average Bonchev–Trinajstić information content (AvgIpc) is 2.29. The molecule has 1 heterocycles. The van der Waals surface area contributed by atoms with E-state index in [2.05, 4.69) is 25.7 Å². The molecule has 1 aliphatic rings. The van der Waals surface area contributed by atoms with Crippen molar-refractivity contribution in [2.75, 3.05) is 13.1 Å². The molecular weight excluding hydrogens is 196 g/mol. The Morgan fingerprint density at radius 1 is 1.31 bits per heavy atom. The van der Waals surface area contributed by atoms with Crippen LogP contribution in [0.15, 0.2) is 0 Å². The van der Waals surface area contributed by atoms with Gasteiger partial charge in [-0.15, -0.1) is 0 Å². The summed E-state index contributed by atoms with van der Waals surface area (Å²) in [6.45, 7) is 9.34. The van der Waals surface area contributed by atoms with Gasteiger partial charge in [0.1, 0.15) is 0 Å². The van der Waals surface area contributed by atoms with Gasteiger partial charge in [-0.25, -0.2) is 0 Å². The Balaban J connectivity index is 2.29. The molecule has 0 aromatic carbocycles. The number of hydrogen-bond acceptors (Lipinski definition) is 2. The maximum absolute atomic E-state index is 6.02. The predicted molar refractivity (Wildman–Crippen MR) is 71.6 cm³/mol. The summed E-state index contributed by atoms with van der Waals surface area (Å²) in [5.41, 5.74) is 6.02. The molecule has 96 valence electrons. The molecule has 2 nitrogen and oxygen atoms in total. The van der Waals surface area contributed by atoms with Gasteiger partial charge >= 0.3 is 0 Å². The standard InChI is InChI=1S/C14H30N2/c1-4-5-6-8-12(2)16-10-7-9-14(11-16)13(3)15/h12-14H,4-11,15H2,1-3H3. The second-order valence-electron chi connectivity index (χ2n) is 5.60. The van der Waals surface area contributed by atoms with Gasteiger partial charge in [0.15, 0.2) is 0 Å². The number of likely N-dealkylation sites (tertiary alicyclic amines) is 1. The first-order valence-corrected chi connectivity index (χ1v) is 7.14. The molecule has 0 amide bonds. The molecule has 3 atom stereocenters. The van der Waals surface area contributed by atoms with Gasteiger partial charge < -0.3 is 10.6 Å². The van der Waals surface area contributed by atoms with E-state index in [0.717, 1.165) is 12.0 Å². The van der Waals surface area contributed by atoms with Crippen molar-refractivity contribution in [3.8, 4) is 0 Å². The minimum atomic E-state index is 0.366. The predicted octanol–water partition coefficient (Wildman–Crippen LogP) is 3.01. The number of nitrogens with zero attached hydrogens (tertiary/aromatic N) is 1. The molecule has 0 bridgehead atoms. The molecule has 2 heteroatoms. The van der Waals surface area contributed by atoms with Crippen LogP contribution in [0, 0.1) is 5.92 Å². The van der Waals surface area contributed by atoms with Crippen molar-refractivity contribution < 1.29 is 0 Å². The monoisotopic (exact) mass is 226 g/mol. The van der Waals surface area contributed by atoms with Crippen LogP contribution in [-0.2, 0) is 0 Å². The van der Waals surface area contributed by atoms with Gasteiger partial charge in [0, 0.05) is 18.6 Å². The van der Waals surface area contributed by atoms with Crippen molar-refractivity contribution in [3.05, 3.63) is 0 Å². The van der Waals surface area contributed by atoms with E-state index in [0.29, 0.717) is 6.04 Å². The molecule has 0 radical (unpaired) electrons. The van der Waals surface area contributed by atoms with Crippen molar-refractivity contribution in [3.63, 3.8) is 0 Å². The molecule has 1 rings (SSSR count). The van der Waals surface area contributed by atoms with Crippen molar-refractivity contribution in [2.24, 2.45) is 11.7 Å². The lowest BCUT2D eigenvalue weighted by Crippen LogP contribution is -2.45. The lowest BCUT2D eigenvalue weighted by atomic mass is 9.91. The summed E-state index contributed by atoms with van der Waals surface area (Å²) >= 11 is 0. The molecule has 3 unspecified atom stereocenters. The van der Waals surface area contributed by atoms with Gasteiger partial charge in [0.2, 0.25) is 0 Å². The fourth-order valence-electron chi connectivity index (χ4n) is 2.74. The molecule has 0 aromatic heterocycles. The first-order valence-electron chi connectivity index (χ1n) is 7.14. The number of piperidine rings is 1. The molecular formula is C14H30N2. The van der Waals surface area contributed by atoms with Gasteiger partial charge in [-0.05, 0) is 45.6 Å². The Labute approximate surface area is 102 Å². The van der Waals surface area contributed by atoms with Crippen LogP contribution in [0.3, 0.4) is 0 Å². The van der Waals surface area contributed by atoms with Crippen molar-refractivity contribution in [1.29, 1.82) is 0 Å². The Morgan fingerprint density at radius 3 is 2.69 bits per heavy atom. The zero-order valence-corrected chi connectivity index (χ0v) is 11.4. The highest BCUT2D eigenvalue weighted by atomic mass is 15.2. The zero-order valence-electron chi connectivity index (χ0n) is 11.4. The SMILES string of the molecule is CCCCCC(C)N1CCCC(C(C)N)C1. The minimum Gasteiger partial charge on any atom is -0.328 e. The smallest absolute Gasteiger partial charge is 0.00670 e. The van der Waals surface area contributed by atoms with Crippen molar-refractivity contribution >= 4 is 0 Å². The molecule has 1 fully saturated rings. The average molecular weight is 226 g/mol. The highest BCUT2D eigenvalue weighted by Gasteiger charge is 2.25. The summed E-state index contributed by atoms with van der Waals surface area (Å²) in [6, 6.07) is 1.12. The highest BCUT2D eigenvalue weighted by molar-refractivity contribution is 4.81. The van der Waals surface area contributed by atoms with Crippen molar-refractivity contribution in [2.45, 2.75) is 71.4 Å². The van der Waals surface area contributed by atoms with Crippen LogP contribution in [0.5, 0.6) is 0 Å². The highest BCUT2D eigenvalue weighted by Crippen LogP contribution is 2.22. The third kappa shape index (κ3) is 4.42. The van der Waals surface area contributed by atoms with Crippen molar-refractivity contribution in [1.82, 2.24) is 4.90 Å². The molecule has 1 saturated heterocycles. The van der Waals surface area contributed by atoms with Gasteiger partial charge in [-0.1, -0.05) is 26.2 Å². The fraction of sp³-hybridized carbons (Fsp3) is 1.00. The van der Waals surface area contributed by atoms with E-state index in [9.17, 15) is 0 Å². The topological polar surface area (TPSA) is 29.3 Å². The number of hydrogen-bond donors (Lipinski definition) is 1. The molecule has 0 aliphatic carbocycles. The number of nitrogens with two attached hydrogens (primary N) is 1. The van der Waals surface area contributed by atoms with Crippen LogP contribution in [0.4, 0.5) is 0 Å². The Bertz CT molecular complexity index is 180. The van der Waals surface area contributed by atoms with Crippen LogP contribution in [0.1, 0.15) is 59.3 Å². The lowest BCUT2D eigenvalue weighted by molar-refractivity contribution is 0.115. The molecule has 1 aliphatic heterocycles. The van der Waals surface area contributed by atoms with E-state index >= 15 is 0 Å². The molecule has 16 heavy (non-hydrogen) atoms. The zero-order chi connectivity index (χ0) is 12.0. The summed E-state index contributed by atoms with van der Waals surface area (Å²) in [4.78, 5) is 2.66. The van der Waals surface area contributed by atoms with E-state index in [1.54, 1.807) is 0 Å². The molecule has 0 saturated carbocycles. The number of rotatable bonds is 6. The summed E-state index contributed by atoms with van der Waals surface area (Å²) in [5.74, 6) is 0.724. The lowest BCUT2D eigenvalue weighted by Gasteiger charge is -2.38. The largest absolute Gasteiger partial charge is 0.328 e. The van der Waals surface area contributed by atoms with E-state index in [1.165, 1.54) is 51.6 Å². The summed E-state index contributed by atoms with van der Waals surface area (Å²) in [5, 5.41) is 0. The van der Waals surface area contributed by atoms with Crippen LogP contribution >= 0.6 is 0 Å². The summed E-state index contributed by atoms with van der Waals surface area (Å²) in [7, 11) is 0. The molecule has 2 N–H and O–H groups in total. The van der Waals surface area contributed by atoms with Crippen LogP contribution in [0.2, 0.25) is 0 Å². The van der Waals surface area contributed by atoms with Gasteiger partial charge in [-0.2, -0.15) is 0 Å². The first-order chi connectivity index (χ1) is 7.65. The van der Waals surface area contributed by atoms with E-state index < -0.39 is 0 Å². The third-order valence-corrected chi connectivity index (χ3v) is 4.08. The number of unbranched alkanes of at least 4 members (excludes halogenated alkanes) is 2. The second kappa shape index (κ2) is 7.29. The molecule has 0 aromatic rings. The normalized spacial score (nSPS) is 26.6. The Morgan fingerprint density at radius 2 is 2.06 bits per heavy atom. The van der Waals surface area contributed by atoms with E-state index in [-0.39, 0.29) is 0 Å². The first kappa shape index (κ1) is 14.0. The quantitative estimate of drug-likeness (QED) is 0.705. The summed E-state index contributed by atoms with van der Waals surface area (Å²) < 4.78 is 0. The Kier molecular flexibility index (Phi) is 6.37. The van der Waals surface area contributed by atoms with Crippen LogP contribution in [-0.4, -0.2) is 30.1 Å². The minimum absolute atomic E-state index is 0.366. The second-order valence-corrected chi connectivity index (χ2v) is 5.60. The third-order valence-electron chi connectivity index (χ3n) is 4.08. The summed E-state index contributed by atoms with van der Waals surface area (Å²) in [6.07, 6.45) is 8.13. The van der Waals surface area contributed by atoms with E-state index in [1.807, 2.05) is 0 Å². The fourth-order valence-corrected chi connectivity index (χ4v) is 2.74.